The fourth-order valence-electron chi connectivity index (χ4n) is 1.24. The molecule has 4 nitrogen and oxygen atoms in total. The molecule has 64 valence electrons. The van der Waals surface area contributed by atoms with Gasteiger partial charge in [0.1, 0.15) is 5.59 Å². The van der Waals surface area contributed by atoms with Gasteiger partial charge >= 0.3 is 7.12 Å². The molecule has 0 aliphatic heterocycles. The first-order valence-electron chi connectivity index (χ1n) is 3.85. The van der Waals surface area contributed by atoms with Crippen LogP contribution in [0, 0.1) is 0 Å². The highest BCUT2D eigenvalue weighted by atomic mass is 16.4. The molecule has 1 heterocycles. The molecule has 13 heavy (non-hydrogen) atoms. The zero-order chi connectivity index (χ0) is 9.26. The number of aromatic nitrogens is 2. The van der Waals surface area contributed by atoms with Crippen LogP contribution in [0.3, 0.4) is 0 Å². The van der Waals surface area contributed by atoms with Crippen LogP contribution in [-0.2, 0) is 0 Å². The molecule has 1 aromatic heterocycles. The minimum atomic E-state index is -1.57. The smallest absolute Gasteiger partial charge is 0.422 e. The van der Waals surface area contributed by atoms with E-state index in [0.29, 0.717) is 5.39 Å². The van der Waals surface area contributed by atoms with Gasteiger partial charge in [0.05, 0.1) is 6.20 Å². The van der Waals surface area contributed by atoms with E-state index in [9.17, 15) is 0 Å². The van der Waals surface area contributed by atoms with Crippen molar-refractivity contribution in [3.63, 3.8) is 0 Å². The van der Waals surface area contributed by atoms with Crippen LogP contribution in [0.4, 0.5) is 0 Å². The van der Waals surface area contributed by atoms with Crippen molar-refractivity contribution in [2.75, 3.05) is 0 Å². The number of rotatable bonds is 1. The van der Waals surface area contributed by atoms with Crippen LogP contribution in [0.5, 0.6) is 0 Å². The maximum absolute atomic E-state index is 8.97. The van der Waals surface area contributed by atoms with Gasteiger partial charge in [-0.2, -0.15) is 10.2 Å². The van der Waals surface area contributed by atoms with Gasteiger partial charge in [-0.25, -0.2) is 0 Å². The Kier molecular flexibility index (Phi) is 1.96. The predicted molar refractivity (Wildman–Crippen MR) is 49.4 cm³/mol. The Balaban J connectivity index is 2.76. The molecular weight excluding hydrogens is 167 g/mol. The van der Waals surface area contributed by atoms with Crippen molar-refractivity contribution >= 4 is 23.5 Å². The molecule has 0 fully saturated rings. The van der Waals surface area contributed by atoms with Crippen LogP contribution in [0.2, 0.25) is 0 Å². The third-order valence-electron chi connectivity index (χ3n) is 1.84. The fraction of sp³-hybridized carbons (Fsp3) is 0. The van der Waals surface area contributed by atoms with Crippen LogP contribution in [-0.4, -0.2) is 27.4 Å². The summed E-state index contributed by atoms with van der Waals surface area (Å²) in [7, 11) is -1.57. The zero-order valence-corrected chi connectivity index (χ0v) is 6.75. The molecule has 2 aromatic rings. The monoisotopic (exact) mass is 174 g/mol. The fourth-order valence-corrected chi connectivity index (χ4v) is 1.24. The molecule has 2 rings (SSSR count). The molecule has 0 spiro atoms. The van der Waals surface area contributed by atoms with Gasteiger partial charge in [-0.1, -0.05) is 24.3 Å². The minimum absolute atomic E-state index is 0.193. The van der Waals surface area contributed by atoms with Crippen molar-refractivity contribution in [2.45, 2.75) is 0 Å². The average molecular weight is 174 g/mol. The van der Waals surface area contributed by atoms with E-state index in [4.69, 9.17) is 10.0 Å². The van der Waals surface area contributed by atoms with Gasteiger partial charge in [0.2, 0.25) is 0 Å². The van der Waals surface area contributed by atoms with E-state index >= 15 is 0 Å². The zero-order valence-electron chi connectivity index (χ0n) is 6.75. The molecule has 0 unspecified atom stereocenters. The lowest BCUT2D eigenvalue weighted by Gasteiger charge is -2.01. The molecule has 0 saturated carbocycles. The number of hydrogen-bond acceptors (Lipinski definition) is 4. The topological polar surface area (TPSA) is 66.2 Å². The lowest BCUT2D eigenvalue weighted by Crippen LogP contribution is -2.33. The molecule has 5 heteroatoms. The predicted octanol–water partition coefficient (Wildman–Crippen LogP) is -0.690. The van der Waals surface area contributed by atoms with E-state index in [-0.39, 0.29) is 5.59 Å². The molecule has 0 saturated heterocycles. The molecule has 0 radical (unpaired) electrons. The van der Waals surface area contributed by atoms with Gasteiger partial charge in [-0.3, -0.25) is 0 Å². The maximum Gasteiger partial charge on any atom is 0.510 e. The first-order valence-corrected chi connectivity index (χ1v) is 3.85. The molecule has 0 aliphatic carbocycles. The van der Waals surface area contributed by atoms with Crippen molar-refractivity contribution in [3.05, 3.63) is 30.5 Å². The Labute approximate surface area is 75.0 Å². The second kappa shape index (κ2) is 3.12. The second-order valence-electron chi connectivity index (χ2n) is 2.69. The van der Waals surface area contributed by atoms with Gasteiger partial charge in [0.15, 0.2) is 0 Å². The first-order chi connectivity index (χ1) is 6.29. The second-order valence-corrected chi connectivity index (χ2v) is 2.69. The average Bonchev–Trinajstić information content (AvgIpc) is 2.17. The van der Waals surface area contributed by atoms with Crippen molar-refractivity contribution in [3.8, 4) is 0 Å². The van der Waals surface area contributed by atoms with E-state index in [1.165, 1.54) is 0 Å². The Morgan fingerprint density at radius 1 is 1.15 bits per heavy atom. The van der Waals surface area contributed by atoms with E-state index in [1.54, 1.807) is 12.3 Å². The number of fused-ring (bicyclic) bond motifs is 1. The normalized spacial score (nSPS) is 10.3. The summed E-state index contributed by atoms with van der Waals surface area (Å²) in [6.07, 6.45) is 1.58. The SMILES string of the molecule is OB(O)c1nncc2ccccc12. The van der Waals surface area contributed by atoms with E-state index < -0.39 is 7.12 Å². The van der Waals surface area contributed by atoms with Crippen LogP contribution >= 0.6 is 0 Å². The summed E-state index contributed by atoms with van der Waals surface area (Å²) in [5.74, 6) is 0. The van der Waals surface area contributed by atoms with Crippen molar-refractivity contribution in [1.82, 2.24) is 10.2 Å². The quantitative estimate of drug-likeness (QED) is 0.561. The Hall–Kier alpha value is -1.46. The highest BCUT2D eigenvalue weighted by Crippen LogP contribution is 2.07. The number of nitrogens with zero attached hydrogens (tertiary/aromatic N) is 2. The van der Waals surface area contributed by atoms with Gasteiger partial charge in [0, 0.05) is 10.8 Å². The molecule has 0 amide bonds. The lowest BCUT2D eigenvalue weighted by atomic mass is 9.83. The minimum Gasteiger partial charge on any atom is -0.422 e. The summed E-state index contributed by atoms with van der Waals surface area (Å²) >= 11 is 0. The van der Waals surface area contributed by atoms with Gasteiger partial charge in [0.25, 0.3) is 0 Å². The molecule has 0 atom stereocenters. The number of benzene rings is 1. The third-order valence-corrected chi connectivity index (χ3v) is 1.84. The molecule has 1 aromatic carbocycles. The van der Waals surface area contributed by atoms with Crippen molar-refractivity contribution in [2.24, 2.45) is 0 Å². The summed E-state index contributed by atoms with van der Waals surface area (Å²) in [5.41, 5.74) is 0.193. The van der Waals surface area contributed by atoms with Crippen molar-refractivity contribution in [1.29, 1.82) is 0 Å². The molecule has 2 N–H and O–H groups in total. The summed E-state index contributed by atoms with van der Waals surface area (Å²) in [5, 5.41) is 26.8. The lowest BCUT2D eigenvalue weighted by molar-refractivity contribution is 0.424. The maximum atomic E-state index is 8.97. The summed E-state index contributed by atoms with van der Waals surface area (Å²) in [4.78, 5) is 0. The number of hydrogen-bond donors (Lipinski definition) is 2. The van der Waals surface area contributed by atoms with Crippen LogP contribution in [0.15, 0.2) is 30.5 Å². The third kappa shape index (κ3) is 1.39. The van der Waals surface area contributed by atoms with Crippen molar-refractivity contribution < 1.29 is 10.0 Å². The van der Waals surface area contributed by atoms with Crippen LogP contribution in [0.1, 0.15) is 0 Å². The molecular formula is C8H7BN2O2. The summed E-state index contributed by atoms with van der Waals surface area (Å²) in [6.45, 7) is 0. The standard InChI is InChI=1S/C8H7BN2O2/c12-9(13)8-7-4-2-1-3-6(7)5-10-11-8/h1-5,12-13H. The van der Waals surface area contributed by atoms with E-state index in [1.807, 2.05) is 18.2 Å². The van der Waals surface area contributed by atoms with Crippen LogP contribution in [0.25, 0.3) is 10.8 Å². The Morgan fingerprint density at radius 2 is 1.92 bits per heavy atom. The first kappa shape index (κ1) is 8.16. The van der Waals surface area contributed by atoms with Gasteiger partial charge in [-0.15, -0.1) is 0 Å². The van der Waals surface area contributed by atoms with Gasteiger partial charge < -0.3 is 10.0 Å². The highest BCUT2D eigenvalue weighted by molar-refractivity contribution is 6.60. The van der Waals surface area contributed by atoms with E-state index in [2.05, 4.69) is 10.2 Å². The molecule has 0 bridgehead atoms. The highest BCUT2D eigenvalue weighted by Gasteiger charge is 2.16. The summed E-state index contributed by atoms with van der Waals surface area (Å²) < 4.78 is 0. The van der Waals surface area contributed by atoms with Gasteiger partial charge in [-0.05, 0) is 0 Å². The van der Waals surface area contributed by atoms with E-state index in [0.717, 1.165) is 5.39 Å². The van der Waals surface area contributed by atoms with Crippen LogP contribution < -0.4 is 5.59 Å². The summed E-state index contributed by atoms with van der Waals surface area (Å²) in [6, 6.07) is 7.29. The molecule has 0 aliphatic rings. The largest absolute Gasteiger partial charge is 0.510 e. The Bertz CT molecular complexity index is 428. The Morgan fingerprint density at radius 3 is 2.69 bits per heavy atom.